The molecule has 136 valence electrons. The number of hydrogen-bond donors (Lipinski definition) is 1. The number of carbonyl (C=O) groups excluding carboxylic acids is 1. The van der Waals surface area contributed by atoms with Crippen molar-refractivity contribution in [2.75, 3.05) is 23.3 Å². The zero-order valence-corrected chi connectivity index (χ0v) is 15.5. The van der Waals surface area contributed by atoms with E-state index >= 15 is 0 Å². The van der Waals surface area contributed by atoms with Crippen molar-refractivity contribution in [1.29, 1.82) is 0 Å². The molecule has 0 bridgehead atoms. The molecule has 2 aromatic rings. The van der Waals surface area contributed by atoms with E-state index in [-0.39, 0.29) is 16.7 Å². The summed E-state index contributed by atoms with van der Waals surface area (Å²) >= 11 is 0. The maximum atomic E-state index is 13.0. The molecule has 0 spiro atoms. The number of hydrogen-bond acceptors (Lipinski definition) is 4. The average molecular weight is 372 g/mol. The third-order valence-corrected chi connectivity index (χ3v) is 6.40. The van der Waals surface area contributed by atoms with Crippen LogP contribution in [0.5, 0.6) is 5.75 Å². The first-order valence-electron chi connectivity index (χ1n) is 8.56. The highest BCUT2D eigenvalue weighted by Crippen LogP contribution is 2.44. The number of nitrogens with one attached hydrogen (secondary N) is 1. The number of nitrogens with zero attached hydrogens (tertiary/aromatic N) is 1. The van der Waals surface area contributed by atoms with Gasteiger partial charge in [0.2, 0.25) is 5.91 Å². The summed E-state index contributed by atoms with van der Waals surface area (Å²) in [7, 11) is -2.30. The molecule has 7 heteroatoms. The maximum absolute atomic E-state index is 13.0. The number of ether oxygens (including phenoxy) is 1. The average Bonchev–Trinajstić information content (AvgIpc) is 2.88. The molecule has 1 atom stereocenters. The van der Waals surface area contributed by atoms with Crippen LogP contribution in [0.1, 0.15) is 30.4 Å². The fourth-order valence-corrected chi connectivity index (χ4v) is 4.91. The topological polar surface area (TPSA) is 75.7 Å². The zero-order valence-electron chi connectivity index (χ0n) is 14.7. The highest BCUT2D eigenvalue weighted by atomic mass is 32.2. The van der Waals surface area contributed by atoms with Crippen LogP contribution >= 0.6 is 0 Å². The Hall–Kier alpha value is -2.54. The fourth-order valence-electron chi connectivity index (χ4n) is 3.75. The molecule has 0 aliphatic carbocycles. The molecule has 0 saturated heterocycles. The van der Waals surface area contributed by atoms with E-state index in [9.17, 15) is 13.2 Å². The molecular formula is C19H20N2O4S. The van der Waals surface area contributed by atoms with Crippen molar-refractivity contribution < 1.29 is 17.9 Å². The Labute approximate surface area is 152 Å². The summed E-state index contributed by atoms with van der Waals surface area (Å²) in [6.45, 7) is 2.54. The number of carbonyl (C=O) groups is 1. The number of aryl methyl sites for hydroxylation is 1. The van der Waals surface area contributed by atoms with E-state index in [0.717, 1.165) is 29.7 Å². The third-order valence-electron chi connectivity index (χ3n) is 5.05. The number of amides is 1. The number of rotatable bonds is 4. The van der Waals surface area contributed by atoms with Gasteiger partial charge in [0.25, 0.3) is 10.0 Å². The number of para-hydroxylation sites is 2. The molecule has 6 nitrogen and oxygen atoms in total. The van der Waals surface area contributed by atoms with Crippen molar-refractivity contribution in [2.45, 2.75) is 30.6 Å². The van der Waals surface area contributed by atoms with Gasteiger partial charge in [-0.3, -0.25) is 9.52 Å². The SMILES string of the molecule is COc1ccccc1NS(=O)(=O)c1cc2c3c(c1)[C@H](C)C(=O)N3CCC2. The van der Waals surface area contributed by atoms with Crippen molar-refractivity contribution in [3.8, 4) is 5.75 Å². The number of anilines is 2. The Morgan fingerprint density at radius 2 is 2.00 bits per heavy atom. The van der Waals surface area contributed by atoms with Gasteiger partial charge in [0.1, 0.15) is 5.75 Å². The van der Waals surface area contributed by atoms with Gasteiger partial charge in [0, 0.05) is 6.54 Å². The zero-order chi connectivity index (χ0) is 18.5. The molecule has 2 aromatic carbocycles. The lowest BCUT2D eigenvalue weighted by atomic mass is 9.97. The van der Waals surface area contributed by atoms with Gasteiger partial charge < -0.3 is 9.64 Å². The van der Waals surface area contributed by atoms with Gasteiger partial charge in [-0.2, -0.15) is 0 Å². The monoisotopic (exact) mass is 372 g/mol. The van der Waals surface area contributed by atoms with Gasteiger partial charge in [-0.05, 0) is 55.2 Å². The first kappa shape index (κ1) is 16.9. The summed E-state index contributed by atoms with van der Waals surface area (Å²) in [6.07, 6.45) is 1.62. The van der Waals surface area contributed by atoms with Gasteiger partial charge in [-0.1, -0.05) is 12.1 Å². The predicted octanol–water partition coefficient (Wildman–Crippen LogP) is 2.89. The minimum atomic E-state index is -3.79. The molecule has 4 rings (SSSR count). The smallest absolute Gasteiger partial charge is 0.262 e. The van der Waals surface area contributed by atoms with Gasteiger partial charge in [-0.15, -0.1) is 0 Å². The van der Waals surface area contributed by atoms with E-state index in [1.807, 2.05) is 6.92 Å². The lowest BCUT2D eigenvalue weighted by Crippen LogP contribution is -2.32. The first-order valence-corrected chi connectivity index (χ1v) is 10.0. The molecule has 2 aliphatic rings. The van der Waals surface area contributed by atoms with Crippen LogP contribution in [0.3, 0.4) is 0 Å². The predicted molar refractivity (Wildman–Crippen MR) is 99.3 cm³/mol. The van der Waals surface area contributed by atoms with Crippen molar-refractivity contribution in [3.63, 3.8) is 0 Å². The maximum Gasteiger partial charge on any atom is 0.262 e. The van der Waals surface area contributed by atoms with E-state index in [1.165, 1.54) is 7.11 Å². The summed E-state index contributed by atoms with van der Waals surface area (Å²) < 4.78 is 33.7. The second kappa shape index (κ2) is 6.02. The van der Waals surface area contributed by atoms with E-state index in [4.69, 9.17) is 4.74 Å². The highest BCUT2D eigenvalue weighted by Gasteiger charge is 2.38. The molecular weight excluding hydrogens is 352 g/mol. The van der Waals surface area contributed by atoms with Gasteiger partial charge in [0.15, 0.2) is 0 Å². The minimum Gasteiger partial charge on any atom is -0.495 e. The summed E-state index contributed by atoms with van der Waals surface area (Å²) in [5.41, 5.74) is 3.01. The van der Waals surface area contributed by atoms with Gasteiger partial charge in [-0.25, -0.2) is 8.42 Å². The Morgan fingerprint density at radius 1 is 1.23 bits per heavy atom. The van der Waals surface area contributed by atoms with Crippen LogP contribution in [-0.4, -0.2) is 28.0 Å². The van der Waals surface area contributed by atoms with Crippen LogP contribution < -0.4 is 14.4 Å². The lowest BCUT2D eigenvalue weighted by Gasteiger charge is -2.26. The second-order valence-electron chi connectivity index (χ2n) is 6.64. The highest BCUT2D eigenvalue weighted by molar-refractivity contribution is 7.92. The van der Waals surface area contributed by atoms with Crippen molar-refractivity contribution in [2.24, 2.45) is 0 Å². The molecule has 0 saturated carbocycles. The van der Waals surface area contributed by atoms with Crippen molar-refractivity contribution in [1.82, 2.24) is 0 Å². The number of methoxy groups -OCH3 is 1. The quantitative estimate of drug-likeness (QED) is 0.895. The summed E-state index contributed by atoms with van der Waals surface area (Å²) in [5.74, 6) is 0.185. The number of sulfonamides is 1. The van der Waals surface area contributed by atoms with E-state index in [2.05, 4.69) is 4.72 Å². The molecule has 2 heterocycles. The van der Waals surface area contributed by atoms with Crippen LogP contribution in [0, 0.1) is 0 Å². The Balaban J connectivity index is 1.78. The summed E-state index contributed by atoms with van der Waals surface area (Å²) in [4.78, 5) is 14.4. The third kappa shape index (κ3) is 2.54. The molecule has 0 unspecified atom stereocenters. The minimum absolute atomic E-state index is 0.0492. The van der Waals surface area contributed by atoms with Crippen LogP contribution in [0.4, 0.5) is 11.4 Å². The lowest BCUT2D eigenvalue weighted by molar-refractivity contribution is -0.119. The molecule has 26 heavy (non-hydrogen) atoms. The van der Waals surface area contributed by atoms with Crippen molar-refractivity contribution >= 4 is 27.3 Å². The van der Waals surface area contributed by atoms with Crippen LogP contribution in [0.25, 0.3) is 0 Å². The van der Waals surface area contributed by atoms with Crippen LogP contribution in [-0.2, 0) is 21.2 Å². The summed E-state index contributed by atoms with van der Waals surface area (Å²) in [5, 5.41) is 0. The Morgan fingerprint density at radius 3 is 2.77 bits per heavy atom. The Bertz CT molecular complexity index is 1000. The normalized spacial score (nSPS) is 18.6. The molecule has 1 amide bonds. The molecule has 2 aliphatic heterocycles. The van der Waals surface area contributed by atoms with Crippen LogP contribution in [0.2, 0.25) is 0 Å². The van der Waals surface area contributed by atoms with Crippen molar-refractivity contribution in [3.05, 3.63) is 47.5 Å². The van der Waals surface area contributed by atoms with Crippen LogP contribution in [0.15, 0.2) is 41.3 Å². The van der Waals surface area contributed by atoms with Gasteiger partial charge in [0.05, 0.1) is 29.3 Å². The van der Waals surface area contributed by atoms with E-state index in [0.29, 0.717) is 18.0 Å². The van der Waals surface area contributed by atoms with Gasteiger partial charge >= 0.3 is 0 Å². The fraction of sp³-hybridized carbons (Fsp3) is 0.316. The van der Waals surface area contributed by atoms with E-state index < -0.39 is 10.0 Å². The molecule has 0 fully saturated rings. The molecule has 0 aromatic heterocycles. The second-order valence-corrected chi connectivity index (χ2v) is 8.32. The number of benzene rings is 2. The molecule has 1 N–H and O–H groups in total. The standard InChI is InChI=1S/C19H20N2O4S/c1-12-15-11-14(10-13-6-5-9-21(18(13)15)19(12)22)26(23,24)20-16-7-3-4-8-17(16)25-2/h3-4,7-8,10-12,20H,5-6,9H2,1-2H3/t12-/m0/s1. The molecule has 0 radical (unpaired) electrons. The summed E-state index contributed by atoms with van der Waals surface area (Å²) in [6, 6.07) is 10.2. The van der Waals surface area contributed by atoms with E-state index in [1.54, 1.807) is 41.3 Å². The largest absolute Gasteiger partial charge is 0.495 e. The Kier molecular flexibility index (Phi) is 3.91. The first-order chi connectivity index (χ1) is 12.4.